The maximum Gasteiger partial charge on any atom is 0.211 e. The van der Waals surface area contributed by atoms with Crippen LogP contribution in [-0.2, 0) is 10.0 Å². The molecule has 0 spiro atoms. The maximum atomic E-state index is 11.3. The van der Waals surface area contributed by atoms with E-state index in [0.717, 1.165) is 12.3 Å². The topological polar surface area (TPSA) is 91.8 Å². The van der Waals surface area contributed by atoms with Gasteiger partial charge in [0.1, 0.15) is 12.4 Å². The summed E-state index contributed by atoms with van der Waals surface area (Å²) in [6, 6.07) is 7.93. The number of nitrogens with zero attached hydrogens (tertiary/aromatic N) is 1. The first-order chi connectivity index (χ1) is 12.0. The van der Waals surface area contributed by atoms with Crippen molar-refractivity contribution >= 4 is 40.0 Å². The van der Waals surface area contributed by atoms with Gasteiger partial charge in [0, 0.05) is 19.6 Å². The number of aryl methyl sites for hydroxylation is 1. The fourth-order valence-electron chi connectivity index (χ4n) is 1.91. The van der Waals surface area contributed by atoms with Gasteiger partial charge in [-0.2, -0.15) is 0 Å². The molecule has 9 heteroatoms. The van der Waals surface area contributed by atoms with Crippen LogP contribution in [0.25, 0.3) is 0 Å². The van der Waals surface area contributed by atoms with Crippen molar-refractivity contribution in [3.05, 3.63) is 29.8 Å². The van der Waals surface area contributed by atoms with Crippen LogP contribution >= 0.6 is 24.0 Å². The normalized spacial score (nSPS) is 11.6. The molecule has 7 nitrogen and oxygen atoms in total. The largest absolute Gasteiger partial charge is 0.492 e. The van der Waals surface area contributed by atoms with E-state index >= 15 is 0 Å². The number of nitrogens with one attached hydrogen (secondary N) is 3. The van der Waals surface area contributed by atoms with E-state index in [4.69, 9.17) is 4.74 Å². The zero-order valence-corrected chi connectivity index (χ0v) is 18.9. The SMILES string of the molecule is CCNC(=NCCCNS(=O)(=O)CC)NCCOc1ccc(C)cc1.I. The highest BCUT2D eigenvalue weighted by molar-refractivity contribution is 14.0. The Labute approximate surface area is 174 Å². The van der Waals surface area contributed by atoms with Crippen LogP contribution in [0.5, 0.6) is 5.75 Å². The Morgan fingerprint density at radius 3 is 2.42 bits per heavy atom. The van der Waals surface area contributed by atoms with Crippen LogP contribution in [0.4, 0.5) is 0 Å². The summed E-state index contributed by atoms with van der Waals surface area (Å²) in [5.41, 5.74) is 1.20. The summed E-state index contributed by atoms with van der Waals surface area (Å²) >= 11 is 0. The number of ether oxygens (including phenoxy) is 1. The van der Waals surface area contributed by atoms with Crippen molar-refractivity contribution in [1.29, 1.82) is 0 Å². The summed E-state index contributed by atoms with van der Waals surface area (Å²) < 4.78 is 30.8. The number of sulfonamides is 1. The standard InChI is InChI=1S/C17H30N4O3S.HI/c1-4-18-17(19-11-6-12-21-25(22,23)5-2)20-13-14-24-16-9-7-15(3)8-10-16;/h7-10,21H,4-6,11-14H2,1-3H3,(H2,18,19,20);1H. The molecule has 0 aliphatic rings. The molecule has 0 aromatic heterocycles. The summed E-state index contributed by atoms with van der Waals surface area (Å²) in [5.74, 6) is 1.65. The van der Waals surface area contributed by atoms with Gasteiger partial charge in [-0.25, -0.2) is 13.1 Å². The number of halogens is 1. The van der Waals surface area contributed by atoms with Crippen LogP contribution in [-0.4, -0.2) is 52.9 Å². The summed E-state index contributed by atoms with van der Waals surface area (Å²) in [4.78, 5) is 4.42. The van der Waals surface area contributed by atoms with Crippen LogP contribution in [0.3, 0.4) is 0 Å². The van der Waals surface area contributed by atoms with Gasteiger partial charge in [-0.15, -0.1) is 24.0 Å². The lowest BCUT2D eigenvalue weighted by atomic mass is 10.2. The molecule has 0 aliphatic heterocycles. The van der Waals surface area contributed by atoms with Gasteiger partial charge in [0.05, 0.1) is 12.3 Å². The van der Waals surface area contributed by atoms with Crippen LogP contribution in [0.1, 0.15) is 25.8 Å². The second-order valence-electron chi connectivity index (χ2n) is 5.50. The predicted molar refractivity (Wildman–Crippen MR) is 118 cm³/mol. The Morgan fingerprint density at radius 2 is 1.81 bits per heavy atom. The summed E-state index contributed by atoms with van der Waals surface area (Å²) in [5, 5.41) is 6.35. The number of benzene rings is 1. The minimum Gasteiger partial charge on any atom is -0.492 e. The molecule has 1 rings (SSSR count). The van der Waals surface area contributed by atoms with Gasteiger partial charge in [0.25, 0.3) is 0 Å². The Bertz CT molecular complexity index is 621. The number of rotatable bonds is 11. The zero-order chi connectivity index (χ0) is 18.5. The van der Waals surface area contributed by atoms with Crippen molar-refractivity contribution in [2.45, 2.75) is 27.2 Å². The van der Waals surface area contributed by atoms with Gasteiger partial charge in [-0.3, -0.25) is 4.99 Å². The maximum absolute atomic E-state index is 11.3. The van der Waals surface area contributed by atoms with E-state index in [-0.39, 0.29) is 29.7 Å². The highest BCUT2D eigenvalue weighted by Crippen LogP contribution is 2.10. The molecule has 0 amide bonds. The first-order valence-electron chi connectivity index (χ1n) is 8.66. The lowest BCUT2D eigenvalue weighted by molar-refractivity contribution is 0.322. The molecule has 0 atom stereocenters. The van der Waals surface area contributed by atoms with Crippen molar-refractivity contribution in [2.75, 3.05) is 38.5 Å². The molecule has 1 aromatic rings. The molecular formula is C17H31IN4O3S. The summed E-state index contributed by atoms with van der Waals surface area (Å²) in [6.07, 6.45) is 0.648. The van der Waals surface area contributed by atoms with E-state index in [0.29, 0.717) is 38.6 Å². The molecule has 26 heavy (non-hydrogen) atoms. The monoisotopic (exact) mass is 498 g/mol. The third-order valence-electron chi connectivity index (χ3n) is 3.34. The quantitative estimate of drug-likeness (QED) is 0.188. The molecule has 0 unspecified atom stereocenters. The Kier molecular flexibility index (Phi) is 13.5. The van der Waals surface area contributed by atoms with Crippen molar-refractivity contribution in [1.82, 2.24) is 15.4 Å². The second kappa shape index (κ2) is 14.0. The summed E-state index contributed by atoms with van der Waals surface area (Å²) in [6.45, 7) is 8.51. The third kappa shape index (κ3) is 11.5. The summed E-state index contributed by atoms with van der Waals surface area (Å²) in [7, 11) is -3.12. The zero-order valence-electron chi connectivity index (χ0n) is 15.7. The Hall–Kier alpha value is -1.07. The molecule has 0 aliphatic carbocycles. The van der Waals surface area contributed by atoms with E-state index in [2.05, 4.69) is 20.3 Å². The number of aliphatic imine (C=N–C) groups is 1. The molecule has 0 bridgehead atoms. The smallest absolute Gasteiger partial charge is 0.211 e. The van der Waals surface area contributed by atoms with Crippen molar-refractivity contribution in [3.63, 3.8) is 0 Å². The van der Waals surface area contributed by atoms with Gasteiger partial charge in [-0.1, -0.05) is 17.7 Å². The number of guanidine groups is 1. The predicted octanol–water partition coefficient (Wildman–Crippen LogP) is 1.88. The van der Waals surface area contributed by atoms with Crippen LogP contribution in [0, 0.1) is 6.92 Å². The first-order valence-corrected chi connectivity index (χ1v) is 10.3. The Balaban J connectivity index is 0.00000625. The fraction of sp³-hybridized carbons (Fsp3) is 0.588. The lowest BCUT2D eigenvalue weighted by Gasteiger charge is -2.12. The van der Waals surface area contributed by atoms with E-state index in [1.165, 1.54) is 5.56 Å². The van der Waals surface area contributed by atoms with Crippen molar-refractivity contribution < 1.29 is 13.2 Å². The van der Waals surface area contributed by atoms with E-state index in [1.54, 1.807) is 6.92 Å². The van der Waals surface area contributed by atoms with Gasteiger partial charge < -0.3 is 15.4 Å². The molecule has 1 aromatic carbocycles. The van der Waals surface area contributed by atoms with Crippen LogP contribution in [0.2, 0.25) is 0 Å². The van der Waals surface area contributed by atoms with Gasteiger partial charge in [0.15, 0.2) is 5.96 Å². The minimum absolute atomic E-state index is 0. The van der Waals surface area contributed by atoms with Gasteiger partial charge >= 0.3 is 0 Å². The van der Waals surface area contributed by atoms with Crippen LogP contribution in [0.15, 0.2) is 29.3 Å². The fourth-order valence-corrected chi connectivity index (χ4v) is 2.57. The highest BCUT2D eigenvalue weighted by Gasteiger charge is 2.04. The number of hydrogen-bond donors (Lipinski definition) is 3. The van der Waals surface area contributed by atoms with Crippen LogP contribution < -0.4 is 20.1 Å². The lowest BCUT2D eigenvalue weighted by Crippen LogP contribution is -2.39. The molecular weight excluding hydrogens is 467 g/mol. The minimum atomic E-state index is -3.12. The van der Waals surface area contributed by atoms with Gasteiger partial charge in [0.2, 0.25) is 10.0 Å². The van der Waals surface area contributed by atoms with E-state index in [9.17, 15) is 8.42 Å². The molecule has 0 heterocycles. The molecule has 3 N–H and O–H groups in total. The third-order valence-corrected chi connectivity index (χ3v) is 4.74. The first kappa shape index (κ1) is 24.9. The van der Waals surface area contributed by atoms with Crippen molar-refractivity contribution in [3.8, 4) is 5.75 Å². The molecule has 0 fully saturated rings. The molecule has 0 saturated carbocycles. The average Bonchev–Trinajstić information content (AvgIpc) is 2.59. The van der Waals surface area contributed by atoms with Gasteiger partial charge in [-0.05, 0) is 39.3 Å². The number of hydrogen-bond acceptors (Lipinski definition) is 4. The van der Waals surface area contributed by atoms with Crippen molar-refractivity contribution in [2.24, 2.45) is 4.99 Å². The average molecular weight is 498 g/mol. The second-order valence-corrected chi connectivity index (χ2v) is 7.60. The van der Waals surface area contributed by atoms with E-state index < -0.39 is 10.0 Å². The van der Waals surface area contributed by atoms with E-state index in [1.807, 2.05) is 38.1 Å². The molecule has 0 saturated heterocycles. The highest BCUT2D eigenvalue weighted by atomic mass is 127. The molecule has 0 radical (unpaired) electrons. The molecule has 150 valence electrons. The Morgan fingerprint density at radius 1 is 1.12 bits per heavy atom.